The van der Waals surface area contributed by atoms with E-state index >= 15 is 0 Å². The molecule has 18 heteroatoms. The Morgan fingerprint density at radius 3 is 2.55 bits per heavy atom. The van der Waals surface area contributed by atoms with Crippen LogP contribution in [0.2, 0.25) is 0 Å². The van der Waals surface area contributed by atoms with Crippen LogP contribution in [-0.2, 0) is 15.7 Å². The predicted octanol–water partition coefficient (Wildman–Crippen LogP) is 9.16. The van der Waals surface area contributed by atoms with Crippen LogP contribution >= 0.6 is 11.9 Å². The van der Waals surface area contributed by atoms with Crippen LogP contribution < -0.4 is 19.7 Å². The molecule has 1 unspecified atom stereocenters. The predicted molar refractivity (Wildman–Crippen MR) is 244 cm³/mol. The lowest BCUT2D eigenvalue weighted by Gasteiger charge is -2.39. The van der Waals surface area contributed by atoms with Crippen molar-refractivity contribution in [3.05, 3.63) is 118 Å². The van der Waals surface area contributed by atoms with Gasteiger partial charge in [0.25, 0.3) is 11.6 Å². The lowest BCUT2D eigenvalue weighted by molar-refractivity contribution is -0.384. The zero-order valence-corrected chi connectivity index (χ0v) is 37.2. The van der Waals surface area contributed by atoms with E-state index in [1.165, 1.54) is 30.7 Å². The topological polar surface area (TPSA) is 158 Å². The first kappa shape index (κ1) is 45.5. The number of hydrogen-bond acceptors (Lipinski definition) is 11. The van der Waals surface area contributed by atoms with Gasteiger partial charge in [0, 0.05) is 87.0 Å². The van der Waals surface area contributed by atoms with Crippen molar-refractivity contribution >= 4 is 57.4 Å². The van der Waals surface area contributed by atoms with E-state index < -0.39 is 22.6 Å². The van der Waals surface area contributed by atoms with Gasteiger partial charge >= 0.3 is 6.18 Å². The number of nitrogens with zero attached hydrogens (tertiary/aromatic N) is 5. The lowest BCUT2D eigenvalue weighted by Crippen LogP contribution is -2.50. The summed E-state index contributed by atoms with van der Waals surface area (Å²) in [5, 5.41) is 16.1. The molecule has 1 aliphatic carbocycles. The second kappa shape index (κ2) is 19.2. The van der Waals surface area contributed by atoms with Crippen molar-refractivity contribution in [1.29, 1.82) is 0 Å². The Kier molecular flexibility index (Phi) is 13.4. The summed E-state index contributed by atoms with van der Waals surface area (Å²) in [5.41, 5.74) is 4.52. The first-order valence-electron chi connectivity index (χ1n) is 21.6. The SMILES string of the molecule is CC(=O)N1CCOCC1CNc1ccc(SNC(=O)c2ccc(N3CCN(CC4=C(c5ccc(C(F)(F)F)cc5)CC(C)(C)CC4)CC3)cc2Oc2cnc3[nH]ccc3c2)cc1[N+](=O)[O-]. The number of alkyl halides is 3. The number of piperazine rings is 1. The highest BCUT2D eigenvalue weighted by Crippen LogP contribution is 2.44. The summed E-state index contributed by atoms with van der Waals surface area (Å²) in [4.78, 5) is 51.9. The van der Waals surface area contributed by atoms with E-state index in [1.54, 1.807) is 47.6 Å². The van der Waals surface area contributed by atoms with E-state index in [0.717, 1.165) is 73.1 Å². The van der Waals surface area contributed by atoms with Crippen molar-refractivity contribution in [2.75, 3.05) is 69.2 Å². The van der Waals surface area contributed by atoms with Crippen LogP contribution in [0.1, 0.15) is 61.5 Å². The summed E-state index contributed by atoms with van der Waals surface area (Å²) in [7, 11) is 0. The number of halogens is 3. The molecule has 2 amide bonds. The van der Waals surface area contributed by atoms with Crippen molar-refractivity contribution in [1.82, 2.24) is 24.5 Å². The van der Waals surface area contributed by atoms with E-state index in [2.05, 4.69) is 43.7 Å². The van der Waals surface area contributed by atoms with Gasteiger partial charge in [-0.1, -0.05) is 31.6 Å². The number of aromatic nitrogens is 2. The quantitative estimate of drug-likeness (QED) is 0.0588. The molecule has 5 aromatic rings. The molecule has 14 nitrogen and oxygen atoms in total. The third-order valence-corrected chi connectivity index (χ3v) is 13.1. The first-order valence-corrected chi connectivity index (χ1v) is 22.4. The number of benzene rings is 3. The van der Waals surface area contributed by atoms with Gasteiger partial charge in [0.1, 0.15) is 22.8 Å². The number of H-pyrrole nitrogens is 1. The summed E-state index contributed by atoms with van der Waals surface area (Å²) in [6, 6.07) is 19.0. The normalized spacial score (nSPS) is 18.2. The molecule has 0 saturated carbocycles. The van der Waals surface area contributed by atoms with Gasteiger partial charge in [-0.25, -0.2) is 4.98 Å². The number of ether oxygens (including phenoxy) is 2. The second-order valence-corrected chi connectivity index (χ2v) is 18.3. The molecule has 8 rings (SSSR count). The maximum Gasteiger partial charge on any atom is 0.416 e. The van der Waals surface area contributed by atoms with Gasteiger partial charge in [0.05, 0.1) is 41.5 Å². The van der Waals surface area contributed by atoms with E-state index in [4.69, 9.17) is 9.47 Å². The monoisotopic (exact) mass is 912 g/mol. The fourth-order valence-electron chi connectivity index (χ4n) is 8.69. The number of amides is 2. The van der Waals surface area contributed by atoms with Gasteiger partial charge < -0.3 is 29.6 Å². The minimum atomic E-state index is -4.39. The Morgan fingerprint density at radius 2 is 1.82 bits per heavy atom. The molecule has 3 aliphatic rings. The number of carbonyl (C=O) groups excluding carboxylic acids is 2. The average molecular weight is 913 g/mol. The third-order valence-electron chi connectivity index (χ3n) is 12.3. The number of nitrogens with one attached hydrogen (secondary N) is 3. The molecule has 3 N–H and O–H groups in total. The minimum absolute atomic E-state index is 0.0439. The van der Waals surface area contributed by atoms with Crippen LogP contribution in [0.25, 0.3) is 16.6 Å². The molecule has 0 radical (unpaired) electrons. The fourth-order valence-corrected chi connectivity index (χ4v) is 9.32. The van der Waals surface area contributed by atoms with Crippen LogP contribution in [0.5, 0.6) is 11.5 Å². The molecule has 0 spiro atoms. The number of aromatic amines is 1. The maximum atomic E-state index is 13.9. The molecule has 2 aromatic heterocycles. The van der Waals surface area contributed by atoms with Gasteiger partial charge in [-0.15, -0.1) is 0 Å². The molecular weight excluding hydrogens is 862 g/mol. The molecule has 2 fully saturated rings. The summed E-state index contributed by atoms with van der Waals surface area (Å²) in [5.74, 6) is 0.159. The van der Waals surface area contributed by atoms with Crippen LogP contribution in [0, 0.1) is 15.5 Å². The molecule has 2 saturated heterocycles. The van der Waals surface area contributed by atoms with Gasteiger partial charge in [-0.3, -0.25) is 29.3 Å². The molecule has 3 aromatic carbocycles. The average Bonchev–Trinajstić information content (AvgIpc) is 3.76. The zero-order chi connectivity index (χ0) is 45.9. The van der Waals surface area contributed by atoms with Crippen LogP contribution in [0.4, 0.5) is 30.2 Å². The number of pyridine rings is 1. The summed E-state index contributed by atoms with van der Waals surface area (Å²) in [6.45, 7) is 11.0. The highest BCUT2D eigenvalue weighted by Gasteiger charge is 2.33. The zero-order valence-electron chi connectivity index (χ0n) is 36.4. The number of anilines is 2. The van der Waals surface area contributed by atoms with E-state index in [-0.39, 0.29) is 40.8 Å². The van der Waals surface area contributed by atoms with Gasteiger partial charge in [-0.05, 0) is 96.3 Å². The molecule has 4 heterocycles. The van der Waals surface area contributed by atoms with Crippen LogP contribution in [0.15, 0.2) is 95.7 Å². The Bertz CT molecular complexity index is 2590. The number of allylic oxidation sites excluding steroid dienone is 1. The highest BCUT2D eigenvalue weighted by molar-refractivity contribution is 7.98. The third kappa shape index (κ3) is 10.9. The number of nitro groups is 1. The largest absolute Gasteiger partial charge is 0.455 e. The lowest BCUT2D eigenvalue weighted by atomic mass is 9.72. The maximum absolute atomic E-state index is 13.9. The molecule has 1 atom stereocenters. The number of carbonyl (C=O) groups is 2. The van der Waals surface area contributed by atoms with Gasteiger partial charge in [0.15, 0.2) is 0 Å². The molecule has 0 bridgehead atoms. The van der Waals surface area contributed by atoms with Crippen molar-refractivity contribution in [3.8, 4) is 11.5 Å². The fraction of sp³-hybridized carbons (Fsp3) is 0.383. The Balaban J connectivity index is 0.963. The molecular formula is C47H51F3N8O6S. The van der Waals surface area contributed by atoms with Crippen LogP contribution in [-0.4, -0.2) is 102 Å². The smallest absolute Gasteiger partial charge is 0.416 e. The summed E-state index contributed by atoms with van der Waals surface area (Å²) in [6.07, 6.45) is 1.65. The number of morpholine rings is 1. The molecule has 342 valence electrons. The Labute approximate surface area is 378 Å². The van der Waals surface area contributed by atoms with Gasteiger partial charge in [-0.2, -0.15) is 13.2 Å². The summed E-state index contributed by atoms with van der Waals surface area (Å²) < 4.78 is 54.9. The molecule has 2 aliphatic heterocycles. The van der Waals surface area contributed by atoms with Crippen molar-refractivity contribution in [2.45, 2.75) is 57.1 Å². The van der Waals surface area contributed by atoms with Crippen LogP contribution in [0.3, 0.4) is 0 Å². The number of rotatable bonds is 13. The van der Waals surface area contributed by atoms with E-state index in [1.807, 2.05) is 24.3 Å². The van der Waals surface area contributed by atoms with Crippen molar-refractivity contribution < 1.29 is 37.2 Å². The Hall–Kier alpha value is -6.11. The Morgan fingerprint density at radius 1 is 1.03 bits per heavy atom. The number of hydrogen-bond donors (Lipinski definition) is 3. The first-order chi connectivity index (χ1) is 31.1. The summed E-state index contributed by atoms with van der Waals surface area (Å²) >= 11 is 0.937. The van der Waals surface area contributed by atoms with E-state index in [0.29, 0.717) is 54.9 Å². The van der Waals surface area contributed by atoms with Crippen molar-refractivity contribution in [2.24, 2.45) is 5.41 Å². The van der Waals surface area contributed by atoms with E-state index in [9.17, 15) is 32.9 Å². The number of fused-ring (bicyclic) bond motifs is 1. The van der Waals surface area contributed by atoms with Crippen molar-refractivity contribution in [3.63, 3.8) is 0 Å². The minimum Gasteiger partial charge on any atom is -0.455 e. The standard InChI is InChI=1S/C47H51F3N8O6S/c1-30(59)57-20-21-63-29-36(57)26-52-41-11-9-38(24-42(41)58(61)62)65-54-45(60)39-10-8-35(23-43(39)64-37-22-32-13-15-51-44(32)53-27-37)56-18-16-55(17-19-56)28-33-12-14-46(2,3)25-40(33)31-4-6-34(7-5-31)47(48,49)50/h4-11,13,15,22-24,27,36,52H,12,14,16-21,25-26,28-29H2,1-3H3,(H,51,53)(H,54,60). The second-order valence-electron chi connectivity index (χ2n) is 17.4. The van der Waals surface area contributed by atoms with Gasteiger partial charge in [0.2, 0.25) is 5.91 Å². The molecule has 65 heavy (non-hydrogen) atoms. The highest BCUT2D eigenvalue weighted by atomic mass is 32.2. The number of nitro benzene ring substituents is 1.